The second-order valence-electron chi connectivity index (χ2n) is 4.08. The smallest absolute Gasteiger partial charge is 0.126 e. The lowest BCUT2D eigenvalue weighted by atomic mass is 10.1. The third-order valence-electron chi connectivity index (χ3n) is 2.84. The van der Waals surface area contributed by atoms with Gasteiger partial charge in [-0.3, -0.25) is 0 Å². The van der Waals surface area contributed by atoms with E-state index in [4.69, 9.17) is 9.84 Å². The first-order valence-corrected chi connectivity index (χ1v) is 5.84. The van der Waals surface area contributed by atoms with Crippen LogP contribution in [-0.2, 0) is 0 Å². The molecule has 0 amide bonds. The number of methoxy groups -OCH3 is 1. The van der Waals surface area contributed by atoms with Crippen molar-refractivity contribution in [1.82, 2.24) is 0 Å². The minimum atomic E-state index is -0.758. The number of aliphatic hydroxyl groups is 2. The largest absolute Gasteiger partial charge is 0.496 e. The molecule has 0 bridgehead atoms. The van der Waals surface area contributed by atoms with Crippen LogP contribution in [0.3, 0.4) is 0 Å². The van der Waals surface area contributed by atoms with Crippen molar-refractivity contribution < 1.29 is 14.9 Å². The van der Waals surface area contributed by atoms with Crippen LogP contribution in [0.1, 0.15) is 0 Å². The van der Waals surface area contributed by atoms with E-state index < -0.39 is 6.10 Å². The van der Waals surface area contributed by atoms with Gasteiger partial charge in [0, 0.05) is 23.0 Å². The van der Waals surface area contributed by atoms with E-state index in [1.54, 1.807) is 7.11 Å². The number of nitrogens with one attached hydrogen (secondary N) is 1. The molecule has 0 heterocycles. The molecule has 96 valence electrons. The van der Waals surface area contributed by atoms with Gasteiger partial charge in [-0.05, 0) is 12.1 Å². The van der Waals surface area contributed by atoms with E-state index in [-0.39, 0.29) is 6.61 Å². The standard InChI is InChI=1S/C14H17NO3/c1-18-14-7-6-13(15-8-10(17)9-16)11-4-2-3-5-12(11)14/h2-7,10,15-17H,8-9H2,1H3. The summed E-state index contributed by atoms with van der Waals surface area (Å²) in [4.78, 5) is 0. The lowest BCUT2D eigenvalue weighted by Crippen LogP contribution is -2.23. The summed E-state index contributed by atoms with van der Waals surface area (Å²) in [6, 6.07) is 11.7. The summed E-state index contributed by atoms with van der Waals surface area (Å²) in [5, 5.41) is 23.3. The van der Waals surface area contributed by atoms with Gasteiger partial charge in [0.2, 0.25) is 0 Å². The van der Waals surface area contributed by atoms with Crippen molar-refractivity contribution in [2.75, 3.05) is 25.6 Å². The molecule has 4 nitrogen and oxygen atoms in total. The molecule has 0 radical (unpaired) electrons. The van der Waals surface area contributed by atoms with E-state index in [9.17, 15) is 5.11 Å². The Bertz CT molecular complexity index is 527. The Morgan fingerprint density at radius 3 is 2.56 bits per heavy atom. The zero-order valence-corrected chi connectivity index (χ0v) is 10.3. The van der Waals surface area contributed by atoms with Gasteiger partial charge in [0.05, 0.1) is 19.8 Å². The Labute approximate surface area is 106 Å². The number of hydrogen-bond acceptors (Lipinski definition) is 4. The number of anilines is 1. The molecule has 2 aromatic rings. The zero-order chi connectivity index (χ0) is 13.0. The highest BCUT2D eigenvalue weighted by atomic mass is 16.5. The van der Waals surface area contributed by atoms with Gasteiger partial charge in [0.1, 0.15) is 5.75 Å². The fraction of sp³-hybridized carbons (Fsp3) is 0.286. The van der Waals surface area contributed by atoms with Crippen LogP contribution in [0.25, 0.3) is 10.8 Å². The monoisotopic (exact) mass is 247 g/mol. The number of hydrogen-bond donors (Lipinski definition) is 3. The summed E-state index contributed by atoms with van der Waals surface area (Å²) < 4.78 is 5.31. The van der Waals surface area contributed by atoms with Gasteiger partial charge in [-0.15, -0.1) is 0 Å². The van der Waals surface area contributed by atoms with Crippen molar-refractivity contribution in [3.05, 3.63) is 36.4 Å². The third kappa shape index (κ3) is 2.55. The maximum absolute atomic E-state index is 9.35. The first kappa shape index (κ1) is 12.7. The molecule has 0 aliphatic carbocycles. The fourth-order valence-electron chi connectivity index (χ4n) is 1.90. The number of ether oxygens (including phenoxy) is 1. The van der Waals surface area contributed by atoms with Crippen LogP contribution >= 0.6 is 0 Å². The van der Waals surface area contributed by atoms with Crippen molar-refractivity contribution >= 4 is 16.5 Å². The summed E-state index contributed by atoms with van der Waals surface area (Å²) in [5.41, 5.74) is 0.916. The number of benzene rings is 2. The number of fused-ring (bicyclic) bond motifs is 1. The summed E-state index contributed by atoms with van der Waals surface area (Å²) in [6.07, 6.45) is -0.758. The van der Waals surface area contributed by atoms with E-state index in [2.05, 4.69) is 5.32 Å². The number of rotatable bonds is 5. The molecular weight excluding hydrogens is 230 g/mol. The van der Waals surface area contributed by atoms with Crippen LogP contribution in [0.4, 0.5) is 5.69 Å². The topological polar surface area (TPSA) is 61.7 Å². The SMILES string of the molecule is COc1ccc(NCC(O)CO)c2ccccc12. The minimum absolute atomic E-state index is 0.249. The first-order chi connectivity index (χ1) is 8.76. The third-order valence-corrected chi connectivity index (χ3v) is 2.84. The Morgan fingerprint density at radius 2 is 1.89 bits per heavy atom. The predicted octanol–water partition coefficient (Wildman–Crippen LogP) is 1.61. The van der Waals surface area contributed by atoms with Crippen LogP contribution < -0.4 is 10.1 Å². The summed E-state index contributed by atoms with van der Waals surface area (Å²) in [7, 11) is 1.64. The molecule has 4 heteroatoms. The van der Waals surface area contributed by atoms with Crippen molar-refractivity contribution in [1.29, 1.82) is 0 Å². The van der Waals surface area contributed by atoms with Crippen LogP contribution in [0.5, 0.6) is 5.75 Å². The van der Waals surface area contributed by atoms with E-state index in [1.165, 1.54) is 0 Å². The second-order valence-corrected chi connectivity index (χ2v) is 4.08. The van der Waals surface area contributed by atoms with Gasteiger partial charge in [-0.25, -0.2) is 0 Å². The molecule has 0 aliphatic heterocycles. The van der Waals surface area contributed by atoms with E-state index >= 15 is 0 Å². The normalized spacial score (nSPS) is 12.4. The predicted molar refractivity (Wildman–Crippen MR) is 72.1 cm³/mol. The Balaban J connectivity index is 2.34. The molecule has 1 atom stereocenters. The highest BCUT2D eigenvalue weighted by Crippen LogP contribution is 2.31. The Morgan fingerprint density at radius 1 is 1.17 bits per heavy atom. The summed E-state index contributed by atoms with van der Waals surface area (Å²) in [6.45, 7) is 0.0634. The average Bonchev–Trinajstić information content (AvgIpc) is 2.44. The van der Waals surface area contributed by atoms with Crippen molar-refractivity contribution in [3.63, 3.8) is 0 Å². The van der Waals surface area contributed by atoms with Crippen LogP contribution in [-0.4, -0.2) is 36.6 Å². The summed E-state index contributed by atoms with van der Waals surface area (Å²) in [5.74, 6) is 0.818. The zero-order valence-electron chi connectivity index (χ0n) is 10.3. The molecule has 0 aromatic heterocycles. The molecule has 2 aromatic carbocycles. The highest BCUT2D eigenvalue weighted by Gasteiger charge is 2.07. The molecule has 0 fully saturated rings. The van der Waals surface area contributed by atoms with Gasteiger partial charge in [-0.2, -0.15) is 0 Å². The van der Waals surface area contributed by atoms with Crippen LogP contribution in [0.15, 0.2) is 36.4 Å². The van der Waals surface area contributed by atoms with Gasteiger partial charge in [0.15, 0.2) is 0 Å². The van der Waals surface area contributed by atoms with Crippen molar-refractivity contribution in [2.45, 2.75) is 6.10 Å². The maximum atomic E-state index is 9.35. The van der Waals surface area contributed by atoms with Crippen LogP contribution in [0.2, 0.25) is 0 Å². The maximum Gasteiger partial charge on any atom is 0.126 e. The Kier molecular flexibility index (Phi) is 4.02. The Hall–Kier alpha value is -1.78. The molecule has 0 spiro atoms. The van der Waals surface area contributed by atoms with E-state index in [1.807, 2.05) is 36.4 Å². The van der Waals surface area contributed by atoms with Gasteiger partial charge >= 0.3 is 0 Å². The van der Waals surface area contributed by atoms with Crippen LogP contribution in [0, 0.1) is 0 Å². The fourth-order valence-corrected chi connectivity index (χ4v) is 1.90. The molecule has 0 saturated heterocycles. The van der Waals surface area contributed by atoms with E-state index in [0.717, 1.165) is 22.2 Å². The quantitative estimate of drug-likeness (QED) is 0.751. The molecule has 2 rings (SSSR count). The average molecular weight is 247 g/mol. The van der Waals surface area contributed by atoms with Gasteiger partial charge < -0.3 is 20.3 Å². The van der Waals surface area contributed by atoms with Crippen molar-refractivity contribution in [2.24, 2.45) is 0 Å². The molecule has 3 N–H and O–H groups in total. The minimum Gasteiger partial charge on any atom is -0.496 e. The summed E-state index contributed by atoms with van der Waals surface area (Å²) >= 11 is 0. The second kappa shape index (κ2) is 5.71. The highest BCUT2D eigenvalue weighted by molar-refractivity contribution is 5.97. The van der Waals surface area contributed by atoms with E-state index in [0.29, 0.717) is 6.54 Å². The first-order valence-electron chi connectivity index (χ1n) is 5.84. The molecule has 0 saturated carbocycles. The molecule has 1 unspecified atom stereocenters. The van der Waals surface area contributed by atoms with Gasteiger partial charge in [0.25, 0.3) is 0 Å². The van der Waals surface area contributed by atoms with Gasteiger partial charge in [-0.1, -0.05) is 24.3 Å². The molecule has 18 heavy (non-hydrogen) atoms. The lowest BCUT2D eigenvalue weighted by molar-refractivity contribution is 0.105. The molecule has 0 aliphatic rings. The molecular formula is C14H17NO3. The van der Waals surface area contributed by atoms with Crippen molar-refractivity contribution in [3.8, 4) is 5.75 Å². The number of aliphatic hydroxyl groups excluding tert-OH is 2. The lowest BCUT2D eigenvalue weighted by Gasteiger charge is -2.14.